The molecule has 1 aliphatic heterocycles. The van der Waals surface area contributed by atoms with Crippen molar-refractivity contribution in [1.82, 2.24) is 9.88 Å². The molecule has 0 amide bonds. The quantitative estimate of drug-likeness (QED) is 0.643. The summed E-state index contributed by atoms with van der Waals surface area (Å²) in [5.41, 5.74) is 4.70. The lowest BCUT2D eigenvalue weighted by molar-refractivity contribution is -0.0504. The Kier molecular flexibility index (Phi) is 6.00. The van der Waals surface area contributed by atoms with E-state index in [9.17, 15) is 0 Å². The van der Waals surface area contributed by atoms with E-state index in [0.717, 1.165) is 37.7 Å². The molecule has 0 N–H and O–H groups in total. The largest absolute Gasteiger partial charge is 0.491 e. The van der Waals surface area contributed by atoms with Crippen molar-refractivity contribution < 1.29 is 9.47 Å². The van der Waals surface area contributed by atoms with Crippen molar-refractivity contribution >= 4 is 0 Å². The summed E-state index contributed by atoms with van der Waals surface area (Å²) in [6.07, 6.45) is 1.94. The fraction of sp³-hybridized carbons (Fsp3) is 0.292. The lowest BCUT2D eigenvalue weighted by Crippen LogP contribution is -2.44. The number of aryl methyl sites for hydroxylation is 1. The van der Waals surface area contributed by atoms with E-state index in [1.165, 1.54) is 16.7 Å². The molecule has 1 atom stereocenters. The Morgan fingerprint density at radius 3 is 2.64 bits per heavy atom. The van der Waals surface area contributed by atoms with Crippen LogP contribution < -0.4 is 4.74 Å². The molecule has 1 saturated heterocycles. The van der Waals surface area contributed by atoms with Gasteiger partial charge in [0.25, 0.3) is 0 Å². The maximum Gasteiger partial charge on any atom is 0.119 e. The second-order valence-corrected chi connectivity index (χ2v) is 7.23. The lowest BCUT2D eigenvalue weighted by atomic mass is 10.1. The standard InChI is InChI=1S/C24H26N2O2/c1-19-15-22(11-12-25-19)21-7-9-23(10-8-21)28-18-24-17-26(13-14-27-24)16-20-5-3-2-4-6-20/h2-12,15,24H,13-14,16-18H2,1H3/t24-/m0/s1. The van der Waals surface area contributed by atoms with Gasteiger partial charge in [-0.05, 0) is 47.9 Å². The Labute approximate surface area is 166 Å². The van der Waals surface area contributed by atoms with Gasteiger partial charge in [0, 0.05) is 31.5 Å². The van der Waals surface area contributed by atoms with Crippen LogP contribution in [-0.2, 0) is 11.3 Å². The minimum Gasteiger partial charge on any atom is -0.491 e. The monoisotopic (exact) mass is 374 g/mol. The van der Waals surface area contributed by atoms with E-state index in [2.05, 4.69) is 58.4 Å². The van der Waals surface area contributed by atoms with Crippen LogP contribution in [0.2, 0.25) is 0 Å². The Hall–Kier alpha value is -2.69. The molecule has 0 radical (unpaired) electrons. The summed E-state index contributed by atoms with van der Waals surface area (Å²) in [6.45, 7) is 6.14. The van der Waals surface area contributed by atoms with Gasteiger partial charge in [-0.2, -0.15) is 0 Å². The Balaban J connectivity index is 1.30. The molecule has 0 spiro atoms. The van der Waals surface area contributed by atoms with Crippen LogP contribution in [0.4, 0.5) is 0 Å². The summed E-state index contributed by atoms with van der Waals surface area (Å²) in [6, 6.07) is 22.9. The summed E-state index contributed by atoms with van der Waals surface area (Å²) in [7, 11) is 0. The van der Waals surface area contributed by atoms with E-state index >= 15 is 0 Å². The molecule has 3 aromatic rings. The van der Waals surface area contributed by atoms with Crippen LogP contribution >= 0.6 is 0 Å². The van der Waals surface area contributed by atoms with Crippen LogP contribution in [0.5, 0.6) is 5.75 Å². The summed E-state index contributed by atoms with van der Waals surface area (Å²) in [4.78, 5) is 6.69. The van der Waals surface area contributed by atoms with E-state index in [1.54, 1.807) is 0 Å². The number of hydrogen-bond donors (Lipinski definition) is 0. The second kappa shape index (κ2) is 9.00. The van der Waals surface area contributed by atoms with Crippen LogP contribution in [-0.4, -0.2) is 42.3 Å². The number of pyridine rings is 1. The van der Waals surface area contributed by atoms with Crippen molar-refractivity contribution in [2.75, 3.05) is 26.3 Å². The smallest absolute Gasteiger partial charge is 0.119 e. The number of aromatic nitrogens is 1. The molecule has 4 nitrogen and oxygen atoms in total. The Morgan fingerprint density at radius 1 is 1.04 bits per heavy atom. The molecule has 0 saturated carbocycles. The third-order valence-electron chi connectivity index (χ3n) is 4.99. The van der Waals surface area contributed by atoms with Gasteiger partial charge in [0.1, 0.15) is 18.5 Å². The number of hydrogen-bond acceptors (Lipinski definition) is 4. The predicted octanol–water partition coefficient (Wildman–Crippen LogP) is 4.34. The third-order valence-corrected chi connectivity index (χ3v) is 4.99. The van der Waals surface area contributed by atoms with Gasteiger partial charge < -0.3 is 9.47 Å². The SMILES string of the molecule is Cc1cc(-c2ccc(OC[C@@H]3CN(Cc4ccccc4)CCO3)cc2)ccn1. The van der Waals surface area contributed by atoms with Crippen LogP contribution in [0.1, 0.15) is 11.3 Å². The van der Waals surface area contributed by atoms with Crippen molar-refractivity contribution in [2.45, 2.75) is 19.6 Å². The first-order valence-corrected chi connectivity index (χ1v) is 9.80. The zero-order valence-corrected chi connectivity index (χ0v) is 16.3. The lowest BCUT2D eigenvalue weighted by Gasteiger charge is -2.32. The van der Waals surface area contributed by atoms with Gasteiger partial charge in [-0.3, -0.25) is 9.88 Å². The number of nitrogens with zero attached hydrogens (tertiary/aromatic N) is 2. The van der Waals surface area contributed by atoms with Gasteiger partial charge >= 0.3 is 0 Å². The van der Waals surface area contributed by atoms with Gasteiger partial charge in [0.2, 0.25) is 0 Å². The molecular weight excluding hydrogens is 348 g/mol. The highest BCUT2D eigenvalue weighted by Crippen LogP contribution is 2.23. The van der Waals surface area contributed by atoms with Crippen molar-refractivity contribution in [3.05, 3.63) is 84.2 Å². The van der Waals surface area contributed by atoms with Gasteiger partial charge in [-0.15, -0.1) is 0 Å². The van der Waals surface area contributed by atoms with E-state index in [1.807, 2.05) is 31.3 Å². The van der Waals surface area contributed by atoms with E-state index in [-0.39, 0.29) is 6.10 Å². The first kappa shape index (κ1) is 18.7. The van der Waals surface area contributed by atoms with Crippen LogP contribution in [0.15, 0.2) is 72.9 Å². The van der Waals surface area contributed by atoms with Gasteiger partial charge in [-0.1, -0.05) is 42.5 Å². The minimum atomic E-state index is 0.0972. The Bertz CT molecular complexity index is 881. The fourth-order valence-corrected chi connectivity index (χ4v) is 3.52. The molecule has 4 rings (SSSR count). The first-order valence-electron chi connectivity index (χ1n) is 9.80. The predicted molar refractivity (Wildman–Crippen MR) is 111 cm³/mol. The molecule has 0 aliphatic carbocycles. The topological polar surface area (TPSA) is 34.6 Å². The first-order chi connectivity index (χ1) is 13.8. The molecule has 1 fully saturated rings. The Morgan fingerprint density at radius 2 is 1.86 bits per heavy atom. The molecule has 144 valence electrons. The molecule has 28 heavy (non-hydrogen) atoms. The second-order valence-electron chi connectivity index (χ2n) is 7.23. The van der Waals surface area contributed by atoms with Gasteiger partial charge in [0.05, 0.1) is 6.61 Å². The van der Waals surface area contributed by atoms with Crippen molar-refractivity contribution in [3.63, 3.8) is 0 Å². The maximum absolute atomic E-state index is 5.99. The number of ether oxygens (including phenoxy) is 2. The molecule has 2 heterocycles. The zero-order valence-electron chi connectivity index (χ0n) is 16.3. The van der Waals surface area contributed by atoms with Crippen molar-refractivity contribution in [2.24, 2.45) is 0 Å². The van der Waals surface area contributed by atoms with Gasteiger partial charge in [-0.25, -0.2) is 0 Å². The number of morpholine rings is 1. The average molecular weight is 374 g/mol. The summed E-state index contributed by atoms with van der Waals surface area (Å²) in [5.74, 6) is 0.873. The molecule has 0 bridgehead atoms. The van der Waals surface area contributed by atoms with E-state index in [0.29, 0.717) is 6.61 Å². The molecule has 0 unspecified atom stereocenters. The summed E-state index contributed by atoms with van der Waals surface area (Å²) in [5, 5.41) is 0. The average Bonchev–Trinajstić information content (AvgIpc) is 2.74. The van der Waals surface area contributed by atoms with Crippen molar-refractivity contribution in [3.8, 4) is 16.9 Å². The number of rotatable bonds is 6. The van der Waals surface area contributed by atoms with Crippen LogP contribution in [0, 0.1) is 6.92 Å². The third kappa shape index (κ3) is 4.97. The fourth-order valence-electron chi connectivity index (χ4n) is 3.52. The molecular formula is C24H26N2O2. The van der Waals surface area contributed by atoms with Gasteiger partial charge in [0.15, 0.2) is 0 Å². The van der Waals surface area contributed by atoms with Crippen LogP contribution in [0.3, 0.4) is 0 Å². The van der Waals surface area contributed by atoms with Crippen molar-refractivity contribution in [1.29, 1.82) is 0 Å². The highest BCUT2D eigenvalue weighted by atomic mass is 16.5. The van der Waals surface area contributed by atoms with E-state index in [4.69, 9.17) is 9.47 Å². The number of benzene rings is 2. The molecule has 1 aliphatic rings. The van der Waals surface area contributed by atoms with Crippen LogP contribution in [0.25, 0.3) is 11.1 Å². The highest BCUT2D eigenvalue weighted by Gasteiger charge is 2.21. The zero-order chi connectivity index (χ0) is 19.2. The van der Waals surface area contributed by atoms with E-state index < -0.39 is 0 Å². The molecule has 4 heteroatoms. The molecule has 2 aromatic carbocycles. The molecule has 1 aromatic heterocycles. The summed E-state index contributed by atoms with van der Waals surface area (Å²) >= 11 is 0. The maximum atomic E-state index is 5.99. The minimum absolute atomic E-state index is 0.0972. The highest BCUT2D eigenvalue weighted by molar-refractivity contribution is 5.64. The normalized spacial score (nSPS) is 17.4. The summed E-state index contributed by atoms with van der Waals surface area (Å²) < 4.78 is 11.9.